The maximum absolute atomic E-state index is 12.9. The number of amides is 1. The van der Waals surface area contributed by atoms with E-state index in [2.05, 4.69) is 10.3 Å². The van der Waals surface area contributed by atoms with Crippen LogP contribution in [0.15, 0.2) is 64.3 Å². The normalized spacial score (nSPS) is 10.5. The molecule has 0 saturated carbocycles. The smallest absolute Gasteiger partial charge is 0.230 e. The van der Waals surface area contributed by atoms with E-state index in [4.69, 9.17) is 0 Å². The van der Waals surface area contributed by atoms with Crippen molar-refractivity contribution >= 4 is 40.5 Å². The van der Waals surface area contributed by atoms with Gasteiger partial charge < -0.3 is 5.32 Å². The average Bonchev–Trinajstić information content (AvgIpc) is 3.08. The first-order chi connectivity index (χ1) is 12.6. The summed E-state index contributed by atoms with van der Waals surface area (Å²) in [5, 5.41) is 4.62. The van der Waals surface area contributed by atoms with Crippen molar-refractivity contribution in [1.29, 1.82) is 0 Å². The number of halogens is 1. The molecule has 0 aliphatic carbocycles. The Labute approximate surface area is 158 Å². The Morgan fingerprint density at radius 2 is 1.81 bits per heavy atom. The molecule has 0 aliphatic heterocycles. The number of nitrogens with zero attached hydrogens (tertiary/aromatic N) is 1. The number of hydrogen-bond acceptors (Lipinski definition) is 5. The quantitative estimate of drug-likeness (QED) is 0.482. The highest BCUT2D eigenvalue weighted by Gasteiger charge is 2.11. The number of para-hydroxylation sites is 1. The largest absolute Gasteiger partial charge is 0.326 e. The SMILES string of the molecule is O=C(Cc1csc(SCC(=O)c2ccc(F)cc2)n1)Nc1ccccc1. The van der Waals surface area contributed by atoms with Gasteiger partial charge in [-0.05, 0) is 36.4 Å². The predicted octanol–water partition coefficient (Wildman–Crippen LogP) is 4.44. The first-order valence-electron chi connectivity index (χ1n) is 7.81. The van der Waals surface area contributed by atoms with Gasteiger partial charge in [0.15, 0.2) is 10.1 Å². The third kappa shape index (κ3) is 5.24. The number of benzene rings is 2. The van der Waals surface area contributed by atoms with E-state index in [1.54, 1.807) is 0 Å². The molecule has 0 unspecified atom stereocenters. The van der Waals surface area contributed by atoms with Crippen molar-refractivity contribution in [3.05, 3.63) is 77.1 Å². The predicted molar refractivity (Wildman–Crippen MR) is 102 cm³/mol. The van der Waals surface area contributed by atoms with E-state index in [-0.39, 0.29) is 29.7 Å². The number of ketones is 1. The molecule has 0 bridgehead atoms. The van der Waals surface area contributed by atoms with Crippen LogP contribution in [0.3, 0.4) is 0 Å². The molecule has 1 amide bonds. The molecule has 3 aromatic rings. The average molecular weight is 386 g/mol. The minimum Gasteiger partial charge on any atom is -0.326 e. The molecule has 2 aromatic carbocycles. The van der Waals surface area contributed by atoms with E-state index in [1.807, 2.05) is 35.7 Å². The summed E-state index contributed by atoms with van der Waals surface area (Å²) in [4.78, 5) is 28.5. The second kappa shape index (κ2) is 8.73. The van der Waals surface area contributed by atoms with Gasteiger partial charge in [0, 0.05) is 16.6 Å². The van der Waals surface area contributed by atoms with E-state index < -0.39 is 0 Å². The van der Waals surface area contributed by atoms with Gasteiger partial charge in [0.05, 0.1) is 17.9 Å². The summed E-state index contributed by atoms with van der Waals surface area (Å²) < 4.78 is 13.6. The first-order valence-corrected chi connectivity index (χ1v) is 9.67. The lowest BCUT2D eigenvalue weighted by Crippen LogP contribution is -2.14. The Kier molecular flexibility index (Phi) is 6.14. The fraction of sp³-hybridized carbons (Fsp3) is 0.105. The molecule has 1 aromatic heterocycles. The van der Waals surface area contributed by atoms with Crippen LogP contribution in [-0.4, -0.2) is 22.4 Å². The number of carbonyl (C=O) groups is 2. The summed E-state index contributed by atoms with van der Waals surface area (Å²) in [7, 11) is 0. The van der Waals surface area contributed by atoms with Crippen molar-refractivity contribution < 1.29 is 14.0 Å². The van der Waals surface area contributed by atoms with Crippen LogP contribution < -0.4 is 5.32 Å². The molecule has 1 heterocycles. The summed E-state index contributed by atoms with van der Waals surface area (Å²) in [6, 6.07) is 14.7. The summed E-state index contributed by atoms with van der Waals surface area (Å²) in [6.07, 6.45) is 0.178. The van der Waals surface area contributed by atoms with Gasteiger partial charge in [0.1, 0.15) is 5.82 Å². The second-order valence-corrected chi connectivity index (χ2v) is 7.50. The monoisotopic (exact) mass is 386 g/mol. The molecule has 7 heteroatoms. The highest BCUT2D eigenvalue weighted by atomic mass is 32.2. The zero-order valence-electron chi connectivity index (χ0n) is 13.6. The van der Waals surface area contributed by atoms with Crippen LogP contribution in [0, 0.1) is 5.82 Å². The fourth-order valence-electron chi connectivity index (χ4n) is 2.17. The van der Waals surface area contributed by atoms with E-state index in [0.717, 1.165) is 10.0 Å². The Morgan fingerprint density at radius 1 is 1.08 bits per heavy atom. The molecule has 0 atom stereocenters. The number of nitrogens with one attached hydrogen (secondary N) is 1. The van der Waals surface area contributed by atoms with E-state index in [0.29, 0.717) is 11.3 Å². The topological polar surface area (TPSA) is 59.1 Å². The van der Waals surface area contributed by atoms with Gasteiger partial charge in [-0.2, -0.15) is 0 Å². The number of thiazole rings is 1. The summed E-state index contributed by atoms with van der Waals surface area (Å²) in [5.74, 6) is -0.379. The maximum atomic E-state index is 12.9. The lowest BCUT2D eigenvalue weighted by atomic mass is 10.1. The molecular weight excluding hydrogens is 371 g/mol. The van der Waals surface area contributed by atoms with Crippen molar-refractivity contribution in [3.63, 3.8) is 0 Å². The minimum absolute atomic E-state index is 0.0893. The molecular formula is C19H15FN2O2S2. The Morgan fingerprint density at radius 3 is 2.54 bits per heavy atom. The molecule has 0 radical (unpaired) electrons. The maximum Gasteiger partial charge on any atom is 0.230 e. The summed E-state index contributed by atoms with van der Waals surface area (Å²) in [5.41, 5.74) is 1.88. The number of hydrogen-bond donors (Lipinski definition) is 1. The lowest BCUT2D eigenvalue weighted by molar-refractivity contribution is -0.115. The highest BCUT2D eigenvalue weighted by Crippen LogP contribution is 2.24. The van der Waals surface area contributed by atoms with Crippen molar-refractivity contribution in [2.75, 3.05) is 11.1 Å². The van der Waals surface area contributed by atoms with Crippen molar-refractivity contribution in [3.8, 4) is 0 Å². The number of Topliss-reactive ketones (excluding diaryl/α,β-unsaturated/α-hetero) is 1. The van der Waals surface area contributed by atoms with Crippen LogP contribution in [0.2, 0.25) is 0 Å². The van der Waals surface area contributed by atoms with E-state index in [9.17, 15) is 14.0 Å². The van der Waals surface area contributed by atoms with Gasteiger partial charge in [-0.1, -0.05) is 30.0 Å². The van der Waals surface area contributed by atoms with Gasteiger partial charge in [-0.3, -0.25) is 9.59 Å². The van der Waals surface area contributed by atoms with Crippen molar-refractivity contribution in [1.82, 2.24) is 4.98 Å². The molecule has 3 rings (SSSR count). The van der Waals surface area contributed by atoms with Crippen molar-refractivity contribution in [2.45, 2.75) is 10.8 Å². The third-order valence-electron chi connectivity index (χ3n) is 3.42. The first kappa shape index (κ1) is 18.3. The van der Waals surface area contributed by atoms with Gasteiger partial charge in [0.2, 0.25) is 5.91 Å². The zero-order chi connectivity index (χ0) is 18.4. The van der Waals surface area contributed by atoms with Crippen LogP contribution in [0.4, 0.5) is 10.1 Å². The Bertz CT molecular complexity index is 895. The minimum atomic E-state index is -0.368. The molecule has 0 fully saturated rings. The van der Waals surface area contributed by atoms with Crippen LogP contribution in [-0.2, 0) is 11.2 Å². The van der Waals surface area contributed by atoms with Gasteiger partial charge in [0.25, 0.3) is 0 Å². The molecule has 0 saturated heterocycles. The lowest BCUT2D eigenvalue weighted by Gasteiger charge is -2.03. The van der Waals surface area contributed by atoms with Crippen LogP contribution >= 0.6 is 23.1 Å². The summed E-state index contributed by atoms with van der Waals surface area (Å²) in [6.45, 7) is 0. The number of thioether (sulfide) groups is 1. The van der Waals surface area contributed by atoms with Crippen molar-refractivity contribution in [2.24, 2.45) is 0 Å². The van der Waals surface area contributed by atoms with E-state index in [1.165, 1.54) is 47.4 Å². The third-order valence-corrected chi connectivity index (χ3v) is 5.49. The van der Waals surface area contributed by atoms with Crippen LogP contribution in [0.25, 0.3) is 0 Å². The van der Waals surface area contributed by atoms with Crippen LogP contribution in [0.1, 0.15) is 16.1 Å². The number of aromatic nitrogens is 1. The van der Waals surface area contributed by atoms with Gasteiger partial charge in [-0.25, -0.2) is 9.37 Å². The van der Waals surface area contributed by atoms with Gasteiger partial charge in [-0.15, -0.1) is 11.3 Å². The fourth-order valence-corrected chi connectivity index (χ4v) is 3.91. The zero-order valence-corrected chi connectivity index (χ0v) is 15.3. The molecule has 0 aliphatic rings. The molecule has 4 nitrogen and oxygen atoms in total. The van der Waals surface area contributed by atoms with E-state index >= 15 is 0 Å². The van der Waals surface area contributed by atoms with Crippen LogP contribution in [0.5, 0.6) is 0 Å². The Hall–Kier alpha value is -2.51. The number of carbonyl (C=O) groups excluding carboxylic acids is 2. The number of rotatable bonds is 7. The molecule has 1 N–H and O–H groups in total. The molecule has 26 heavy (non-hydrogen) atoms. The second-order valence-electron chi connectivity index (χ2n) is 5.41. The highest BCUT2D eigenvalue weighted by molar-refractivity contribution is 8.01. The number of anilines is 1. The molecule has 132 valence electrons. The standard InChI is InChI=1S/C19H15FN2O2S2/c20-14-8-6-13(7-9-14)17(23)12-26-19-22-16(11-25-19)10-18(24)21-15-4-2-1-3-5-15/h1-9,11H,10,12H2,(H,21,24). The van der Waals surface area contributed by atoms with Gasteiger partial charge >= 0.3 is 0 Å². The summed E-state index contributed by atoms with van der Waals surface area (Å²) >= 11 is 2.71. The Balaban J connectivity index is 1.50. The molecule has 0 spiro atoms.